The summed E-state index contributed by atoms with van der Waals surface area (Å²) in [4.78, 5) is 40.2. The molecule has 2 heterocycles. The van der Waals surface area contributed by atoms with E-state index >= 15 is 0 Å². The van der Waals surface area contributed by atoms with Gasteiger partial charge in [0.25, 0.3) is 5.56 Å². The first-order valence-electron chi connectivity index (χ1n) is 7.41. The summed E-state index contributed by atoms with van der Waals surface area (Å²) in [7, 11) is 0. The first kappa shape index (κ1) is 17.0. The monoisotopic (exact) mass is 359 g/mol. The first-order chi connectivity index (χ1) is 11.8. The molecule has 3 rings (SSSR count). The molecule has 0 fully saturated rings. The van der Waals surface area contributed by atoms with Gasteiger partial charge in [0.1, 0.15) is 6.33 Å². The van der Waals surface area contributed by atoms with Crippen LogP contribution >= 0.6 is 11.6 Å². The Hall–Kier alpha value is -2.87. The second-order valence-corrected chi connectivity index (χ2v) is 6.09. The van der Waals surface area contributed by atoms with Gasteiger partial charge in [0.05, 0.1) is 5.69 Å². The molecule has 0 aliphatic carbocycles. The Bertz CT molecular complexity index is 1060. The van der Waals surface area contributed by atoms with E-state index < -0.39 is 23.2 Å². The van der Waals surface area contributed by atoms with Crippen molar-refractivity contribution < 1.29 is 9.59 Å². The molecule has 0 saturated heterocycles. The lowest BCUT2D eigenvalue weighted by molar-refractivity contribution is -0.129. The van der Waals surface area contributed by atoms with Crippen molar-refractivity contribution in [2.45, 2.75) is 26.8 Å². The molecule has 3 aromatic rings. The van der Waals surface area contributed by atoms with Crippen LogP contribution in [0.4, 0.5) is 0 Å². The van der Waals surface area contributed by atoms with Gasteiger partial charge in [0.2, 0.25) is 0 Å². The van der Waals surface area contributed by atoms with E-state index in [4.69, 9.17) is 11.6 Å². The number of aryl methyl sites for hydroxylation is 1. The lowest BCUT2D eigenvalue weighted by atomic mass is 10.1. The van der Waals surface area contributed by atoms with Gasteiger partial charge in [-0.2, -0.15) is 4.68 Å². The van der Waals surface area contributed by atoms with Crippen molar-refractivity contribution in [3.05, 3.63) is 45.5 Å². The Morgan fingerprint density at radius 3 is 2.48 bits per heavy atom. The molecule has 0 saturated carbocycles. The predicted octanol–water partition coefficient (Wildman–Crippen LogP) is 1.66. The fraction of sp³-hybridized carbons (Fsp3) is 0.250. The van der Waals surface area contributed by atoms with Crippen LogP contribution in [0.5, 0.6) is 0 Å². The van der Waals surface area contributed by atoms with Gasteiger partial charge in [0.15, 0.2) is 28.8 Å². The van der Waals surface area contributed by atoms with E-state index in [-0.39, 0.29) is 11.2 Å². The van der Waals surface area contributed by atoms with Crippen LogP contribution in [0.3, 0.4) is 0 Å². The highest BCUT2D eigenvalue weighted by Gasteiger charge is 2.25. The fourth-order valence-corrected chi connectivity index (χ4v) is 2.75. The third-order valence-corrected chi connectivity index (χ3v) is 4.24. The largest absolute Gasteiger partial charge is 0.297 e. The maximum atomic E-state index is 12.6. The minimum Gasteiger partial charge on any atom is -0.297 e. The number of aromatic nitrogens is 5. The minimum atomic E-state index is -1.22. The van der Waals surface area contributed by atoms with E-state index in [0.29, 0.717) is 10.7 Å². The van der Waals surface area contributed by atoms with Crippen LogP contribution in [-0.4, -0.2) is 36.1 Å². The van der Waals surface area contributed by atoms with E-state index in [9.17, 15) is 14.4 Å². The molecule has 9 heteroatoms. The molecule has 0 aliphatic heterocycles. The lowest BCUT2D eigenvalue weighted by Crippen LogP contribution is -2.33. The van der Waals surface area contributed by atoms with Gasteiger partial charge in [-0.3, -0.25) is 19.0 Å². The summed E-state index contributed by atoms with van der Waals surface area (Å²) in [5.41, 5.74) is 1.07. The number of fused-ring (bicyclic) bond motifs is 1. The first-order valence-corrected chi connectivity index (χ1v) is 7.79. The molecule has 1 aromatic carbocycles. The highest BCUT2D eigenvalue weighted by Crippen LogP contribution is 2.20. The molecule has 0 bridgehead atoms. The molecule has 0 atom stereocenters. The number of rotatable bonds is 4. The molecule has 0 unspecified atom stereocenters. The Morgan fingerprint density at radius 1 is 1.20 bits per heavy atom. The van der Waals surface area contributed by atoms with E-state index in [1.807, 2.05) is 13.0 Å². The topological polar surface area (TPSA) is 99.7 Å². The second kappa shape index (κ2) is 6.21. The minimum absolute atomic E-state index is 0.0355. The number of ketones is 2. The van der Waals surface area contributed by atoms with Crippen molar-refractivity contribution in [2.24, 2.45) is 0 Å². The smallest absolute Gasteiger partial charge is 0.284 e. The third kappa shape index (κ3) is 2.85. The van der Waals surface area contributed by atoms with Crippen molar-refractivity contribution in [1.82, 2.24) is 24.5 Å². The average Bonchev–Trinajstić information content (AvgIpc) is 2.96. The Kier molecular flexibility index (Phi) is 4.22. The number of halogens is 1. The standard InChI is InChI=1S/C16H14ClN5O3/c1-8-4-5-11(6-12(8)17)22-15-13(19-20-22)16(25)21(7-18-15)14(9(2)23)10(3)24/h4-7,14H,1-3H3. The highest BCUT2D eigenvalue weighted by molar-refractivity contribution is 6.31. The summed E-state index contributed by atoms with van der Waals surface area (Å²) in [6.45, 7) is 4.36. The average molecular weight is 360 g/mol. The van der Waals surface area contributed by atoms with E-state index in [2.05, 4.69) is 15.3 Å². The van der Waals surface area contributed by atoms with Gasteiger partial charge < -0.3 is 0 Å². The molecular weight excluding hydrogens is 346 g/mol. The molecule has 0 amide bonds. The summed E-state index contributed by atoms with van der Waals surface area (Å²) < 4.78 is 2.36. The lowest BCUT2D eigenvalue weighted by Gasteiger charge is -2.12. The van der Waals surface area contributed by atoms with E-state index in [0.717, 1.165) is 16.5 Å². The van der Waals surface area contributed by atoms with Crippen LogP contribution in [0.15, 0.2) is 29.3 Å². The predicted molar refractivity (Wildman–Crippen MR) is 91.1 cm³/mol. The number of hydrogen-bond donors (Lipinski definition) is 0. The molecule has 25 heavy (non-hydrogen) atoms. The molecule has 8 nitrogen and oxygen atoms in total. The van der Waals surface area contributed by atoms with Crippen LogP contribution in [0.25, 0.3) is 16.9 Å². The number of hydrogen-bond acceptors (Lipinski definition) is 6. The van der Waals surface area contributed by atoms with E-state index in [1.54, 1.807) is 12.1 Å². The van der Waals surface area contributed by atoms with Crippen molar-refractivity contribution >= 4 is 34.3 Å². The maximum Gasteiger partial charge on any atom is 0.284 e. The zero-order valence-corrected chi connectivity index (χ0v) is 14.5. The van der Waals surface area contributed by atoms with Crippen LogP contribution in [0.2, 0.25) is 5.02 Å². The molecule has 0 spiro atoms. The number of carbonyl (C=O) groups is 2. The van der Waals surface area contributed by atoms with Crippen LogP contribution in [-0.2, 0) is 9.59 Å². The normalized spacial score (nSPS) is 11.2. The van der Waals surface area contributed by atoms with Gasteiger partial charge >= 0.3 is 0 Å². The summed E-state index contributed by atoms with van der Waals surface area (Å²) in [6, 6.07) is 4.06. The molecule has 0 radical (unpaired) electrons. The summed E-state index contributed by atoms with van der Waals surface area (Å²) in [5, 5.41) is 8.35. The number of nitrogens with zero attached hydrogens (tertiary/aromatic N) is 5. The van der Waals surface area contributed by atoms with Crippen LogP contribution in [0.1, 0.15) is 25.5 Å². The number of carbonyl (C=O) groups excluding carboxylic acids is 2. The van der Waals surface area contributed by atoms with Gasteiger partial charge in [-0.05, 0) is 38.5 Å². The van der Waals surface area contributed by atoms with Gasteiger partial charge in [0, 0.05) is 5.02 Å². The third-order valence-electron chi connectivity index (χ3n) is 3.84. The van der Waals surface area contributed by atoms with Crippen molar-refractivity contribution in [3.8, 4) is 5.69 Å². The zero-order valence-electron chi connectivity index (χ0n) is 13.7. The SMILES string of the molecule is CC(=O)C(C(C)=O)n1cnc2c(nnn2-c2ccc(C)c(Cl)c2)c1=O. The molecular formula is C16H14ClN5O3. The molecule has 0 aliphatic rings. The van der Waals surface area contributed by atoms with Crippen LogP contribution in [0, 0.1) is 6.92 Å². The van der Waals surface area contributed by atoms with Crippen molar-refractivity contribution in [3.63, 3.8) is 0 Å². The van der Waals surface area contributed by atoms with Gasteiger partial charge in [-0.15, -0.1) is 5.10 Å². The summed E-state index contributed by atoms with van der Waals surface area (Å²) >= 11 is 6.13. The fourth-order valence-electron chi connectivity index (χ4n) is 2.57. The van der Waals surface area contributed by atoms with Gasteiger partial charge in [-0.25, -0.2) is 4.98 Å². The van der Waals surface area contributed by atoms with Crippen molar-refractivity contribution in [1.29, 1.82) is 0 Å². The van der Waals surface area contributed by atoms with Crippen molar-refractivity contribution in [2.75, 3.05) is 0 Å². The Morgan fingerprint density at radius 2 is 1.88 bits per heavy atom. The quantitative estimate of drug-likeness (QED) is 0.657. The van der Waals surface area contributed by atoms with Gasteiger partial charge in [-0.1, -0.05) is 22.9 Å². The maximum absolute atomic E-state index is 12.6. The highest BCUT2D eigenvalue weighted by atomic mass is 35.5. The zero-order chi connectivity index (χ0) is 18.3. The molecule has 128 valence electrons. The van der Waals surface area contributed by atoms with Crippen LogP contribution < -0.4 is 5.56 Å². The summed E-state index contributed by atoms with van der Waals surface area (Å²) in [5.74, 6) is -0.901. The van der Waals surface area contributed by atoms with E-state index in [1.165, 1.54) is 18.5 Å². The number of benzene rings is 1. The molecule has 0 N–H and O–H groups in total. The number of Topliss-reactive ketones (excluding diaryl/α,β-unsaturated/α-hetero) is 2. The summed E-state index contributed by atoms with van der Waals surface area (Å²) in [6.07, 6.45) is 1.16. The second-order valence-electron chi connectivity index (χ2n) is 5.69. The Balaban J connectivity index is 2.20. The molecule has 2 aromatic heterocycles. The Labute approximate surface area is 147 Å².